The van der Waals surface area contributed by atoms with Gasteiger partial charge in [-0.2, -0.15) is 0 Å². The molecule has 0 saturated carbocycles. The van der Waals surface area contributed by atoms with Crippen molar-refractivity contribution >= 4 is 35.6 Å². The fourth-order valence-electron chi connectivity index (χ4n) is 2.86. The number of halogens is 3. The van der Waals surface area contributed by atoms with Crippen LogP contribution in [0.2, 0.25) is 0 Å². The smallest absolute Gasteiger partial charge is 0.191 e. The van der Waals surface area contributed by atoms with Crippen molar-refractivity contribution in [2.45, 2.75) is 38.8 Å². The number of guanidine groups is 1. The minimum Gasteiger partial charge on any atom is -0.379 e. The third kappa shape index (κ3) is 6.86. The number of nitrogens with zero attached hydrogens (tertiary/aromatic N) is 2. The molecule has 148 valence electrons. The molecule has 1 heterocycles. The predicted octanol–water partition coefficient (Wildman–Crippen LogP) is 3.14. The van der Waals surface area contributed by atoms with Crippen LogP contribution >= 0.6 is 24.0 Å². The lowest BCUT2D eigenvalue weighted by molar-refractivity contribution is 0.0776. The van der Waals surface area contributed by atoms with Gasteiger partial charge in [-0.3, -0.25) is 4.99 Å². The van der Waals surface area contributed by atoms with E-state index in [1.807, 2.05) is 13.8 Å². The third-order valence-corrected chi connectivity index (χ3v) is 4.07. The molecule has 26 heavy (non-hydrogen) atoms. The molecule has 5 nitrogen and oxygen atoms in total. The van der Waals surface area contributed by atoms with Gasteiger partial charge in [0.05, 0.1) is 6.10 Å². The van der Waals surface area contributed by atoms with E-state index in [1.165, 1.54) is 18.2 Å². The number of para-hydroxylation sites is 1. The summed E-state index contributed by atoms with van der Waals surface area (Å²) in [5.41, 5.74) is 0.0561. The van der Waals surface area contributed by atoms with Gasteiger partial charge < -0.3 is 20.3 Å². The highest BCUT2D eigenvalue weighted by Crippen LogP contribution is 2.26. The maximum absolute atomic E-state index is 13.9. The summed E-state index contributed by atoms with van der Waals surface area (Å²) in [6.45, 7) is 6.62. The maximum atomic E-state index is 13.9. The van der Waals surface area contributed by atoms with Gasteiger partial charge in [-0.25, -0.2) is 8.78 Å². The Morgan fingerprint density at radius 3 is 2.65 bits per heavy atom. The third-order valence-electron chi connectivity index (χ3n) is 4.07. The van der Waals surface area contributed by atoms with Crippen LogP contribution < -0.4 is 15.5 Å². The molecule has 0 aliphatic carbocycles. The summed E-state index contributed by atoms with van der Waals surface area (Å²) in [6, 6.07) is 4.06. The second-order valence-corrected chi connectivity index (χ2v) is 6.42. The van der Waals surface area contributed by atoms with Crippen molar-refractivity contribution in [3.63, 3.8) is 0 Å². The van der Waals surface area contributed by atoms with Gasteiger partial charge >= 0.3 is 0 Å². The lowest BCUT2D eigenvalue weighted by Crippen LogP contribution is -2.45. The van der Waals surface area contributed by atoms with Crippen LogP contribution in [0.4, 0.5) is 14.5 Å². The highest BCUT2D eigenvalue weighted by atomic mass is 127. The van der Waals surface area contributed by atoms with Crippen LogP contribution in [0.25, 0.3) is 0 Å². The number of rotatable bonds is 7. The van der Waals surface area contributed by atoms with Crippen LogP contribution in [0.15, 0.2) is 23.2 Å². The van der Waals surface area contributed by atoms with Gasteiger partial charge in [0.25, 0.3) is 0 Å². The normalized spacial score (nSPS) is 17.4. The van der Waals surface area contributed by atoms with Crippen LogP contribution in [0.3, 0.4) is 0 Å². The molecule has 1 unspecified atom stereocenters. The quantitative estimate of drug-likeness (QED) is 0.272. The van der Waals surface area contributed by atoms with Crippen molar-refractivity contribution in [3.05, 3.63) is 29.8 Å². The zero-order valence-corrected chi connectivity index (χ0v) is 17.9. The lowest BCUT2D eigenvalue weighted by atomic mass is 10.2. The lowest BCUT2D eigenvalue weighted by Gasteiger charge is -2.21. The Hall–Kier alpha value is -1.16. The Kier molecular flexibility index (Phi) is 10.1. The zero-order chi connectivity index (χ0) is 18.2. The van der Waals surface area contributed by atoms with Gasteiger partial charge in [-0.15, -0.1) is 24.0 Å². The molecule has 8 heteroatoms. The van der Waals surface area contributed by atoms with Gasteiger partial charge in [0.1, 0.15) is 17.3 Å². The molecule has 0 aromatic heterocycles. The zero-order valence-electron chi connectivity index (χ0n) is 15.6. The predicted molar refractivity (Wildman–Crippen MR) is 113 cm³/mol. The van der Waals surface area contributed by atoms with Gasteiger partial charge in [0.15, 0.2) is 5.96 Å². The first kappa shape index (κ1) is 22.9. The summed E-state index contributed by atoms with van der Waals surface area (Å²) in [6.07, 6.45) is 1.92. The molecule has 1 aromatic rings. The Morgan fingerprint density at radius 2 is 2.04 bits per heavy atom. The van der Waals surface area contributed by atoms with Crippen LogP contribution in [0.5, 0.6) is 0 Å². The molecule has 1 aromatic carbocycles. The fourth-order valence-corrected chi connectivity index (χ4v) is 2.86. The number of hydrogen-bond donors (Lipinski definition) is 2. The van der Waals surface area contributed by atoms with E-state index in [2.05, 4.69) is 15.6 Å². The van der Waals surface area contributed by atoms with E-state index in [1.54, 1.807) is 11.9 Å². The molecular weight excluding hydrogens is 453 g/mol. The van der Waals surface area contributed by atoms with Crippen molar-refractivity contribution < 1.29 is 13.5 Å². The molecule has 1 saturated heterocycles. The summed E-state index contributed by atoms with van der Waals surface area (Å²) < 4.78 is 33.3. The Morgan fingerprint density at radius 1 is 1.35 bits per heavy atom. The van der Waals surface area contributed by atoms with E-state index in [-0.39, 0.29) is 41.8 Å². The number of benzene rings is 1. The van der Waals surface area contributed by atoms with Gasteiger partial charge in [0.2, 0.25) is 0 Å². The minimum atomic E-state index is -0.520. The van der Waals surface area contributed by atoms with Crippen molar-refractivity contribution in [3.8, 4) is 0 Å². The summed E-state index contributed by atoms with van der Waals surface area (Å²) in [5, 5.41) is 6.56. The van der Waals surface area contributed by atoms with Gasteiger partial charge in [0, 0.05) is 39.3 Å². The Balaban J connectivity index is 0.00000338. The van der Waals surface area contributed by atoms with E-state index < -0.39 is 11.6 Å². The molecule has 1 atom stereocenters. The van der Waals surface area contributed by atoms with E-state index in [0.29, 0.717) is 25.7 Å². The first-order valence-corrected chi connectivity index (χ1v) is 8.79. The molecular formula is C18H29F2IN4O. The fraction of sp³-hybridized carbons (Fsp3) is 0.611. The topological polar surface area (TPSA) is 48.9 Å². The summed E-state index contributed by atoms with van der Waals surface area (Å²) in [5.74, 6) is -0.341. The highest BCUT2D eigenvalue weighted by molar-refractivity contribution is 14.0. The molecule has 0 radical (unpaired) electrons. The molecule has 1 fully saturated rings. The molecule has 0 spiro atoms. The molecule has 2 rings (SSSR count). The average Bonchev–Trinajstić information content (AvgIpc) is 3.01. The second-order valence-electron chi connectivity index (χ2n) is 6.42. The van der Waals surface area contributed by atoms with E-state index in [9.17, 15) is 8.78 Å². The Labute approximate surface area is 171 Å². The number of nitrogens with one attached hydrogen (secondary N) is 2. The number of aliphatic imine (C=N–C) groups is 1. The first-order chi connectivity index (χ1) is 12.0. The molecule has 1 aliphatic rings. The molecule has 2 N–H and O–H groups in total. The Bertz CT molecular complexity index is 566. The van der Waals surface area contributed by atoms with Crippen molar-refractivity contribution in [1.29, 1.82) is 0 Å². The molecule has 0 amide bonds. The standard InChI is InChI=1S/C18H28F2N4O.HI/c1-13(2)25-11-5-9-22-18(21-3)23-14-8-10-24(12-14)17-15(19)6-4-7-16(17)20;/h4,6-7,13-14H,5,8-12H2,1-3H3,(H2,21,22,23);1H. The van der Waals surface area contributed by atoms with E-state index in [0.717, 1.165) is 19.4 Å². The van der Waals surface area contributed by atoms with Crippen molar-refractivity contribution in [1.82, 2.24) is 10.6 Å². The van der Waals surface area contributed by atoms with Crippen LogP contribution in [0, 0.1) is 11.6 Å². The number of anilines is 1. The first-order valence-electron chi connectivity index (χ1n) is 8.79. The maximum Gasteiger partial charge on any atom is 0.191 e. The summed E-state index contributed by atoms with van der Waals surface area (Å²) in [4.78, 5) is 5.95. The highest BCUT2D eigenvalue weighted by Gasteiger charge is 2.27. The van der Waals surface area contributed by atoms with E-state index in [4.69, 9.17) is 4.74 Å². The van der Waals surface area contributed by atoms with Gasteiger partial charge in [-0.05, 0) is 38.8 Å². The summed E-state index contributed by atoms with van der Waals surface area (Å²) >= 11 is 0. The SMILES string of the molecule is CN=C(NCCCOC(C)C)NC1CCN(c2c(F)cccc2F)C1.I. The van der Waals surface area contributed by atoms with Gasteiger partial charge in [-0.1, -0.05) is 6.07 Å². The average molecular weight is 482 g/mol. The van der Waals surface area contributed by atoms with Crippen molar-refractivity contribution in [2.75, 3.05) is 38.2 Å². The largest absolute Gasteiger partial charge is 0.379 e. The van der Waals surface area contributed by atoms with Crippen LogP contribution in [-0.4, -0.2) is 51.4 Å². The number of ether oxygens (including phenoxy) is 1. The summed E-state index contributed by atoms with van der Waals surface area (Å²) in [7, 11) is 1.71. The molecule has 1 aliphatic heterocycles. The monoisotopic (exact) mass is 482 g/mol. The minimum absolute atomic E-state index is 0. The van der Waals surface area contributed by atoms with Crippen LogP contribution in [-0.2, 0) is 4.74 Å². The number of hydrogen-bond acceptors (Lipinski definition) is 3. The van der Waals surface area contributed by atoms with Crippen LogP contribution in [0.1, 0.15) is 26.7 Å². The van der Waals surface area contributed by atoms with E-state index >= 15 is 0 Å². The van der Waals surface area contributed by atoms with Crippen molar-refractivity contribution in [2.24, 2.45) is 4.99 Å². The second kappa shape index (κ2) is 11.5. The molecule has 0 bridgehead atoms.